The minimum Gasteiger partial charge on any atom is -0.465 e. The maximum atomic E-state index is 14.3. The summed E-state index contributed by atoms with van der Waals surface area (Å²) in [4.78, 5) is 72.5. The number of nitrogens with zero attached hydrogens (tertiary/aromatic N) is 4. The number of hydrazine groups is 1. The molecule has 3 aromatic rings. The second kappa shape index (κ2) is 15.4. The van der Waals surface area contributed by atoms with E-state index in [4.69, 9.17) is 9.47 Å². The van der Waals surface area contributed by atoms with Crippen LogP contribution >= 0.6 is 0 Å². The number of amides is 5. The van der Waals surface area contributed by atoms with Gasteiger partial charge in [-0.05, 0) is 69.8 Å². The van der Waals surface area contributed by atoms with Crippen molar-refractivity contribution in [3.63, 3.8) is 0 Å². The number of nitrogens with one attached hydrogen (secondary N) is 3. The summed E-state index contributed by atoms with van der Waals surface area (Å²) in [5.74, 6) is -1.40. The number of methoxy groups -OCH3 is 1. The number of carbonyl (C=O) groups is 5. The number of esters is 1. The minimum atomic E-state index is -0.981. The van der Waals surface area contributed by atoms with Gasteiger partial charge in [0.15, 0.2) is 0 Å². The van der Waals surface area contributed by atoms with Crippen LogP contribution < -0.4 is 26.0 Å². The monoisotopic (exact) mass is 697 g/mol. The van der Waals surface area contributed by atoms with E-state index in [2.05, 4.69) is 33.0 Å². The molecule has 0 aromatic heterocycles. The molecular weight excluding hydrogens is 654 g/mol. The molecule has 14 nitrogen and oxygen atoms in total. The van der Waals surface area contributed by atoms with Gasteiger partial charge in [0, 0.05) is 50.2 Å². The third kappa shape index (κ3) is 8.71. The molecule has 5 rings (SSSR count). The normalized spacial score (nSPS) is 15.8. The molecule has 0 spiro atoms. The number of benzene rings is 3. The molecule has 3 aromatic carbocycles. The van der Waals surface area contributed by atoms with E-state index in [0.717, 1.165) is 31.1 Å². The van der Waals surface area contributed by atoms with Crippen LogP contribution in [0.2, 0.25) is 0 Å². The topological polar surface area (TPSA) is 153 Å². The van der Waals surface area contributed by atoms with Crippen molar-refractivity contribution in [3.05, 3.63) is 89.5 Å². The van der Waals surface area contributed by atoms with E-state index in [-0.39, 0.29) is 22.7 Å². The van der Waals surface area contributed by atoms with Crippen molar-refractivity contribution in [1.29, 1.82) is 0 Å². The lowest BCUT2D eigenvalue weighted by molar-refractivity contribution is -0.119. The van der Waals surface area contributed by atoms with Gasteiger partial charge in [0.2, 0.25) is 5.91 Å². The Labute approximate surface area is 296 Å². The summed E-state index contributed by atoms with van der Waals surface area (Å²) in [6.07, 6.45) is -0.927. The molecule has 0 saturated carbocycles. The Balaban J connectivity index is 1.47. The van der Waals surface area contributed by atoms with E-state index < -0.39 is 29.6 Å². The lowest BCUT2D eigenvalue weighted by Crippen LogP contribution is -2.51. The quantitative estimate of drug-likeness (QED) is 0.187. The van der Waals surface area contributed by atoms with Crippen molar-refractivity contribution >= 4 is 58.2 Å². The number of likely N-dealkylation sites (N-methyl/N-ethyl adjacent to an activating group) is 2. The molecule has 51 heavy (non-hydrogen) atoms. The molecule has 0 unspecified atom stereocenters. The Bertz CT molecular complexity index is 1830. The molecule has 1 fully saturated rings. The molecule has 0 radical (unpaired) electrons. The fourth-order valence-electron chi connectivity index (χ4n) is 5.66. The smallest absolute Gasteiger partial charge is 0.426 e. The molecule has 0 bridgehead atoms. The van der Waals surface area contributed by atoms with E-state index in [0.29, 0.717) is 34.7 Å². The highest BCUT2D eigenvalue weighted by molar-refractivity contribution is 6.44. The molecule has 3 N–H and O–H groups in total. The number of urea groups is 1. The minimum absolute atomic E-state index is 0.0219. The van der Waals surface area contributed by atoms with Crippen LogP contribution in [0, 0.1) is 0 Å². The predicted molar refractivity (Wildman–Crippen MR) is 194 cm³/mol. The second-order valence-corrected chi connectivity index (χ2v) is 13.2. The molecular formula is C37H43N7O7. The zero-order valence-corrected chi connectivity index (χ0v) is 29.6. The Morgan fingerprint density at radius 3 is 2.16 bits per heavy atom. The van der Waals surface area contributed by atoms with Gasteiger partial charge in [-0.2, -0.15) is 0 Å². The van der Waals surface area contributed by atoms with Gasteiger partial charge in [0.05, 0.1) is 36.2 Å². The van der Waals surface area contributed by atoms with Crippen molar-refractivity contribution in [3.8, 4) is 0 Å². The number of carbonyl (C=O) groups excluding carboxylic acids is 5. The fraction of sp³-hybridized carbons (Fsp3) is 0.324. The standard InChI is InChI=1S/C37H43N7O7/c1-37(2,3)51-36(49)40-39-35(48)44-29-22-25(34(47)50-6)12-17-28(29)31(33(44)46)32(24-10-8-7-9-11-24)38-26-13-15-27(16-14-26)42(5)30(45)23-43-20-18-41(4)19-21-43/h7-17,22,38H,18-21,23H2,1-6H3,(H,39,48)(H,40,49)/b32-31-. The number of fused-ring (bicyclic) bond motifs is 1. The largest absolute Gasteiger partial charge is 0.465 e. The van der Waals surface area contributed by atoms with Gasteiger partial charge in [-0.1, -0.05) is 36.4 Å². The van der Waals surface area contributed by atoms with Crippen LogP contribution in [0.4, 0.5) is 26.7 Å². The molecule has 1 saturated heterocycles. The van der Waals surface area contributed by atoms with Gasteiger partial charge in [-0.15, -0.1) is 0 Å². The van der Waals surface area contributed by atoms with E-state index in [1.807, 2.05) is 42.5 Å². The Kier molecular flexibility index (Phi) is 11.1. The van der Waals surface area contributed by atoms with Crippen LogP contribution in [0.5, 0.6) is 0 Å². The fourth-order valence-corrected chi connectivity index (χ4v) is 5.66. The molecule has 2 aliphatic rings. The van der Waals surface area contributed by atoms with Gasteiger partial charge >= 0.3 is 18.1 Å². The zero-order valence-electron chi connectivity index (χ0n) is 29.6. The van der Waals surface area contributed by atoms with E-state index in [9.17, 15) is 24.0 Å². The summed E-state index contributed by atoms with van der Waals surface area (Å²) in [5, 5.41) is 3.36. The maximum absolute atomic E-state index is 14.3. The number of hydrogen-bond donors (Lipinski definition) is 3. The molecule has 2 heterocycles. The van der Waals surface area contributed by atoms with E-state index in [1.165, 1.54) is 19.2 Å². The lowest BCUT2D eigenvalue weighted by Gasteiger charge is -2.32. The summed E-state index contributed by atoms with van der Waals surface area (Å²) in [5.41, 5.74) is 6.61. The average Bonchev–Trinajstić information content (AvgIpc) is 3.40. The predicted octanol–water partition coefficient (Wildman–Crippen LogP) is 4.16. The summed E-state index contributed by atoms with van der Waals surface area (Å²) in [6.45, 7) is 8.83. The van der Waals surface area contributed by atoms with Crippen molar-refractivity contribution < 1.29 is 33.4 Å². The highest BCUT2D eigenvalue weighted by Gasteiger charge is 2.40. The van der Waals surface area contributed by atoms with Crippen LogP contribution in [-0.2, 0) is 19.1 Å². The highest BCUT2D eigenvalue weighted by atomic mass is 16.6. The number of imide groups is 1. The number of ether oxygens (including phenoxy) is 2. The molecule has 0 aliphatic carbocycles. The first kappa shape index (κ1) is 36.5. The van der Waals surface area contributed by atoms with E-state index >= 15 is 0 Å². The van der Waals surface area contributed by atoms with Crippen LogP contribution in [-0.4, -0.2) is 99.2 Å². The molecule has 2 aliphatic heterocycles. The summed E-state index contributed by atoms with van der Waals surface area (Å²) >= 11 is 0. The van der Waals surface area contributed by atoms with Crippen LogP contribution in [0.25, 0.3) is 11.3 Å². The number of anilines is 3. The Morgan fingerprint density at radius 1 is 0.863 bits per heavy atom. The third-order valence-electron chi connectivity index (χ3n) is 8.38. The number of rotatable bonds is 7. The van der Waals surface area contributed by atoms with E-state index in [1.54, 1.807) is 50.9 Å². The molecule has 0 atom stereocenters. The van der Waals surface area contributed by atoms with Gasteiger partial charge < -0.3 is 24.6 Å². The highest BCUT2D eigenvalue weighted by Crippen LogP contribution is 2.42. The summed E-state index contributed by atoms with van der Waals surface area (Å²) in [7, 11) is 5.04. The molecule has 268 valence electrons. The van der Waals surface area contributed by atoms with Crippen molar-refractivity contribution in [2.75, 3.05) is 69.0 Å². The van der Waals surface area contributed by atoms with Gasteiger partial charge in [-0.25, -0.2) is 30.1 Å². The second-order valence-electron chi connectivity index (χ2n) is 13.2. The van der Waals surface area contributed by atoms with Crippen LogP contribution in [0.15, 0.2) is 72.8 Å². The lowest BCUT2D eigenvalue weighted by atomic mass is 9.99. The zero-order chi connectivity index (χ0) is 36.9. The molecule has 14 heteroatoms. The van der Waals surface area contributed by atoms with Crippen molar-refractivity contribution in [2.24, 2.45) is 0 Å². The van der Waals surface area contributed by atoms with Gasteiger partial charge in [-0.3, -0.25) is 14.5 Å². The van der Waals surface area contributed by atoms with Crippen molar-refractivity contribution in [1.82, 2.24) is 20.7 Å². The van der Waals surface area contributed by atoms with Crippen LogP contribution in [0.3, 0.4) is 0 Å². The first-order valence-corrected chi connectivity index (χ1v) is 16.5. The van der Waals surface area contributed by atoms with Gasteiger partial charge in [0.1, 0.15) is 5.60 Å². The third-order valence-corrected chi connectivity index (χ3v) is 8.38. The Morgan fingerprint density at radius 2 is 1.53 bits per heavy atom. The molecule has 5 amide bonds. The first-order chi connectivity index (χ1) is 24.3. The SMILES string of the molecule is COC(=O)c1ccc2c(c1)N(C(=O)NNC(=O)OC(C)(C)C)C(=O)/C2=C(\Nc1ccc(N(C)C(=O)CN2CCN(C)CC2)cc1)c1ccccc1. The summed E-state index contributed by atoms with van der Waals surface area (Å²) < 4.78 is 10.1. The van der Waals surface area contributed by atoms with Gasteiger partial charge in [0.25, 0.3) is 5.91 Å². The average molecular weight is 698 g/mol. The maximum Gasteiger partial charge on any atom is 0.426 e. The van der Waals surface area contributed by atoms with Crippen LogP contribution in [0.1, 0.15) is 42.3 Å². The van der Waals surface area contributed by atoms with Crippen molar-refractivity contribution in [2.45, 2.75) is 26.4 Å². The number of piperazine rings is 1. The first-order valence-electron chi connectivity index (χ1n) is 16.5. The Hall–Kier alpha value is -5.73. The number of hydrogen-bond acceptors (Lipinski definition) is 10. The summed E-state index contributed by atoms with van der Waals surface area (Å²) in [6, 6.07) is 19.8.